The Hall–Kier alpha value is -1.42. The second-order valence-electron chi connectivity index (χ2n) is 5.64. The van der Waals surface area contributed by atoms with Crippen LogP contribution in [0.15, 0.2) is 12.1 Å². The topological polar surface area (TPSA) is 50.4 Å². The molecule has 0 bridgehead atoms. The SMILES string of the molecule is Cc1cc(OCNC(=O)NC2CCCCC2)cc(C)c1Cl. The average Bonchev–Trinajstić information content (AvgIpc) is 2.45. The van der Waals surface area contributed by atoms with Gasteiger partial charge in [-0.1, -0.05) is 30.9 Å². The van der Waals surface area contributed by atoms with E-state index in [0.29, 0.717) is 11.8 Å². The van der Waals surface area contributed by atoms with E-state index < -0.39 is 0 Å². The molecule has 2 rings (SSSR count). The van der Waals surface area contributed by atoms with E-state index in [0.717, 1.165) is 29.0 Å². The summed E-state index contributed by atoms with van der Waals surface area (Å²) in [6, 6.07) is 3.88. The molecule has 0 radical (unpaired) electrons. The first kappa shape index (κ1) is 16.0. The molecule has 21 heavy (non-hydrogen) atoms. The van der Waals surface area contributed by atoms with Gasteiger partial charge in [0.2, 0.25) is 0 Å². The Bertz CT molecular complexity index is 476. The molecule has 1 aliphatic carbocycles. The summed E-state index contributed by atoms with van der Waals surface area (Å²) >= 11 is 6.11. The van der Waals surface area contributed by atoms with Crippen molar-refractivity contribution < 1.29 is 9.53 Å². The van der Waals surface area contributed by atoms with E-state index in [9.17, 15) is 4.79 Å². The van der Waals surface area contributed by atoms with Crippen molar-refractivity contribution in [3.63, 3.8) is 0 Å². The van der Waals surface area contributed by atoms with Gasteiger partial charge in [0, 0.05) is 11.1 Å². The molecule has 1 aromatic rings. The molecule has 1 aliphatic rings. The van der Waals surface area contributed by atoms with Crippen molar-refractivity contribution in [3.8, 4) is 5.75 Å². The number of rotatable bonds is 4. The highest BCUT2D eigenvalue weighted by Crippen LogP contribution is 2.25. The summed E-state index contributed by atoms with van der Waals surface area (Å²) in [7, 11) is 0. The van der Waals surface area contributed by atoms with Gasteiger partial charge in [0.05, 0.1) is 0 Å². The van der Waals surface area contributed by atoms with E-state index in [2.05, 4.69) is 10.6 Å². The quantitative estimate of drug-likeness (QED) is 0.828. The molecule has 0 aliphatic heterocycles. The highest BCUT2D eigenvalue weighted by molar-refractivity contribution is 6.32. The Morgan fingerprint density at radius 2 is 1.86 bits per heavy atom. The molecule has 1 aromatic carbocycles. The molecule has 0 unspecified atom stereocenters. The zero-order chi connectivity index (χ0) is 15.2. The van der Waals surface area contributed by atoms with Gasteiger partial charge in [0.25, 0.3) is 0 Å². The first-order valence-electron chi connectivity index (χ1n) is 7.50. The van der Waals surface area contributed by atoms with Crippen LogP contribution in [0, 0.1) is 13.8 Å². The third-order valence-corrected chi connectivity index (χ3v) is 4.42. The fraction of sp³-hybridized carbons (Fsp3) is 0.562. The summed E-state index contributed by atoms with van der Waals surface area (Å²) in [5, 5.41) is 6.47. The maximum Gasteiger partial charge on any atom is 0.317 e. The van der Waals surface area contributed by atoms with Gasteiger partial charge < -0.3 is 15.4 Å². The first-order valence-corrected chi connectivity index (χ1v) is 7.88. The lowest BCUT2D eigenvalue weighted by Gasteiger charge is -2.22. The molecular formula is C16H23ClN2O2. The number of hydrogen-bond acceptors (Lipinski definition) is 2. The van der Waals surface area contributed by atoms with Crippen molar-refractivity contribution in [2.45, 2.75) is 52.0 Å². The Morgan fingerprint density at radius 1 is 1.24 bits per heavy atom. The fourth-order valence-electron chi connectivity index (χ4n) is 2.66. The maximum atomic E-state index is 11.8. The van der Waals surface area contributed by atoms with Crippen LogP contribution in [0.1, 0.15) is 43.2 Å². The van der Waals surface area contributed by atoms with Crippen molar-refractivity contribution in [1.29, 1.82) is 0 Å². The smallest absolute Gasteiger partial charge is 0.317 e. The van der Waals surface area contributed by atoms with Gasteiger partial charge in [-0.3, -0.25) is 0 Å². The van der Waals surface area contributed by atoms with Gasteiger partial charge in [0.15, 0.2) is 6.73 Å². The number of ether oxygens (including phenoxy) is 1. The predicted molar refractivity (Wildman–Crippen MR) is 85.0 cm³/mol. The van der Waals surface area contributed by atoms with Gasteiger partial charge in [0.1, 0.15) is 5.75 Å². The zero-order valence-electron chi connectivity index (χ0n) is 12.7. The minimum absolute atomic E-state index is 0.152. The third kappa shape index (κ3) is 4.81. The van der Waals surface area contributed by atoms with E-state index >= 15 is 0 Å². The maximum absolute atomic E-state index is 11.8. The number of hydrogen-bond donors (Lipinski definition) is 2. The molecule has 5 heteroatoms. The minimum Gasteiger partial charge on any atom is -0.473 e. The normalized spacial score (nSPS) is 15.6. The number of carbonyl (C=O) groups is 1. The lowest BCUT2D eigenvalue weighted by Crippen LogP contribution is -2.44. The van der Waals surface area contributed by atoms with Crippen molar-refractivity contribution >= 4 is 17.6 Å². The molecule has 1 saturated carbocycles. The number of halogens is 1. The Kier molecular flexibility index (Phi) is 5.74. The monoisotopic (exact) mass is 310 g/mol. The molecular weight excluding hydrogens is 288 g/mol. The third-order valence-electron chi connectivity index (χ3n) is 3.82. The number of benzene rings is 1. The van der Waals surface area contributed by atoms with Crippen LogP contribution in [-0.2, 0) is 0 Å². The van der Waals surface area contributed by atoms with Gasteiger partial charge >= 0.3 is 6.03 Å². The Morgan fingerprint density at radius 3 is 2.48 bits per heavy atom. The van der Waals surface area contributed by atoms with E-state index in [1.54, 1.807) is 0 Å². The lowest BCUT2D eigenvalue weighted by molar-refractivity contribution is 0.217. The number of nitrogens with one attached hydrogen (secondary N) is 2. The Balaban J connectivity index is 1.74. The van der Waals surface area contributed by atoms with Gasteiger partial charge in [-0.05, 0) is 49.9 Å². The van der Waals surface area contributed by atoms with Crippen LogP contribution in [0.5, 0.6) is 5.75 Å². The van der Waals surface area contributed by atoms with Crippen LogP contribution in [0.3, 0.4) is 0 Å². The summed E-state index contributed by atoms with van der Waals surface area (Å²) in [6.45, 7) is 4.02. The zero-order valence-corrected chi connectivity index (χ0v) is 13.4. The van der Waals surface area contributed by atoms with Crippen LogP contribution in [0.4, 0.5) is 4.79 Å². The Labute approximate surface area is 131 Å². The van der Waals surface area contributed by atoms with Crippen LogP contribution < -0.4 is 15.4 Å². The molecule has 0 atom stereocenters. The van der Waals surface area contributed by atoms with E-state index in [-0.39, 0.29) is 12.8 Å². The second kappa shape index (κ2) is 7.55. The molecule has 0 aromatic heterocycles. The van der Waals surface area contributed by atoms with Crippen molar-refractivity contribution in [3.05, 3.63) is 28.3 Å². The van der Waals surface area contributed by atoms with Gasteiger partial charge in [-0.15, -0.1) is 0 Å². The molecule has 2 amide bonds. The number of urea groups is 1. The van der Waals surface area contributed by atoms with Crippen LogP contribution in [-0.4, -0.2) is 18.8 Å². The second-order valence-corrected chi connectivity index (χ2v) is 6.02. The average molecular weight is 311 g/mol. The molecule has 1 fully saturated rings. The number of carbonyl (C=O) groups excluding carboxylic acids is 1. The number of amides is 2. The standard InChI is InChI=1S/C16H23ClN2O2/c1-11-8-14(9-12(2)15(11)17)21-10-18-16(20)19-13-6-4-3-5-7-13/h8-9,13H,3-7,10H2,1-2H3,(H2,18,19,20). The summed E-state index contributed by atoms with van der Waals surface area (Å²) in [5.41, 5.74) is 1.94. The van der Waals surface area contributed by atoms with Crippen molar-refractivity contribution in [1.82, 2.24) is 10.6 Å². The molecule has 0 heterocycles. The van der Waals surface area contributed by atoms with E-state index in [4.69, 9.17) is 16.3 Å². The highest BCUT2D eigenvalue weighted by atomic mass is 35.5. The highest BCUT2D eigenvalue weighted by Gasteiger charge is 2.15. The predicted octanol–water partition coefficient (Wildman–Crippen LogP) is 3.93. The van der Waals surface area contributed by atoms with Crippen LogP contribution in [0.2, 0.25) is 5.02 Å². The lowest BCUT2D eigenvalue weighted by atomic mass is 9.96. The number of aryl methyl sites for hydroxylation is 2. The fourth-order valence-corrected chi connectivity index (χ4v) is 2.77. The summed E-state index contributed by atoms with van der Waals surface area (Å²) in [6.07, 6.45) is 5.82. The van der Waals surface area contributed by atoms with E-state index in [1.165, 1.54) is 19.3 Å². The van der Waals surface area contributed by atoms with Crippen molar-refractivity contribution in [2.75, 3.05) is 6.73 Å². The molecule has 0 spiro atoms. The van der Waals surface area contributed by atoms with Crippen LogP contribution >= 0.6 is 11.6 Å². The molecule has 0 saturated heterocycles. The summed E-state index contributed by atoms with van der Waals surface area (Å²) in [5.74, 6) is 0.715. The van der Waals surface area contributed by atoms with E-state index in [1.807, 2.05) is 26.0 Å². The summed E-state index contributed by atoms with van der Waals surface area (Å²) < 4.78 is 5.55. The molecule has 4 nitrogen and oxygen atoms in total. The minimum atomic E-state index is -0.163. The largest absolute Gasteiger partial charge is 0.473 e. The van der Waals surface area contributed by atoms with Gasteiger partial charge in [-0.25, -0.2) is 4.79 Å². The molecule has 116 valence electrons. The van der Waals surface area contributed by atoms with Crippen LogP contribution in [0.25, 0.3) is 0 Å². The molecule has 2 N–H and O–H groups in total. The van der Waals surface area contributed by atoms with Gasteiger partial charge in [-0.2, -0.15) is 0 Å². The van der Waals surface area contributed by atoms with Crippen molar-refractivity contribution in [2.24, 2.45) is 0 Å². The summed E-state index contributed by atoms with van der Waals surface area (Å²) in [4.78, 5) is 11.8. The first-order chi connectivity index (χ1) is 10.1.